The van der Waals surface area contributed by atoms with E-state index in [-0.39, 0.29) is 18.1 Å². The number of aromatic nitrogens is 6. The first-order chi connectivity index (χ1) is 13.1. The van der Waals surface area contributed by atoms with Gasteiger partial charge in [0.05, 0.1) is 21.9 Å². The zero-order valence-corrected chi connectivity index (χ0v) is 15.7. The molecule has 0 aromatic carbocycles. The first-order valence-electron chi connectivity index (χ1n) is 8.19. The van der Waals surface area contributed by atoms with Gasteiger partial charge in [0.2, 0.25) is 0 Å². The summed E-state index contributed by atoms with van der Waals surface area (Å²) in [5.74, 6) is 1.17. The lowest BCUT2D eigenvalue weighted by Crippen LogP contribution is -2.11. The van der Waals surface area contributed by atoms with Gasteiger partial charge >= 0.3 is 0 Å². The summed E-state index contributed by atoms with van der Waals surface area (Å²) in [6, 6.07) is 0. The molecule has 9 nitrogen and oxygen atoms in total. The molecule has 4 aromatic heterocycles. The van der Waals surface area contributed by atoms with Crippen molar-refractivity contribution >= 4 is 21.6 Å². The summed E-state index contributed by atoms with van der Waals surface area (Å²) in [7, 11) is 1.55. The molecular formula is C17H16N6O3S. The summed E-state index contributed by atoms with van der Waals surface area (Å²) in [6.45, 7) is 4.01. The Balaban J connectivity index is 1.75. The second kappa shape index (κ2) is 6.97. The summed E-state index contributed by atoms with van der Waals surface area (Å²) in [4.78, 5) is 33.8. The van der Waals surface area contributed by atoms with Crippen molar-refractivity contribution in [1.29, 1.82) is 0 Å². The average Bonchev–Trinajstić information content (AvgIpc) is 3.27. The van der Waals surface area contributed by atoms with Crippen LogP contribution in [0.25, 0.3) is 21.0 Å². The minimum atomic E-state index is -0.209. The van der Waals surface area contributed by atoms with E-state index < -0.39 is 0 Å². The van der Waals surface area contributed by atoms with Crippen LogP contribution in [-0.2, 0) is 11.3 Å². The Morgan fingerprint density at radius 1 is 1.33 bits per heavy atom. The number of ether oxygens (including phenoxy) is 1. The van der Waals surface area contributed by atoms with E-state index in [1.54, 1.807) is 25.7 Å². The molecule has 138 valence electrons. The molecule has 0 radical (unpaired) electrons. The average molecular weight is 384 g/mol. The highest BCUT2D eigenvalue weighted by Crippen LogP contribution is 2.35. The molecule has 0 bridgehead atoms. The molecule has 4 aromatic rings. The second-order valence-electron chi connectivity index (χ2n) is 5.99. The predicted molar refractivity (Wildman–Crippen MR) is 98.5 cm³/mol. The van der Waals surface area contributed by atoms with Gasteiger partial charge in [-0.3, -0.25) is 14.8 Å². The first-order valence-corrected chi connectivity index (χ1v) is 9.01. The number of fused-ring (bicyclic) bond motifs is 1. The quantitative estimate of drug-likeness (QED) is 0.557. The van der Waals surface area contributed by atoms with E-state index in [0.29, 0.717) is 27.8 Å². The number of H-pyrrole nitrogens is 1. The molecule has 1 N–H and O–H groups in total. The predicted octanol–water partition coefficient (Wildman–Crippen LogP) is 2.43. The zero-order chi connectivity index (χ0) is 19.0. The highest BCUT2D eigenvalue weighted by Gasteiger charge is 2.22. The molecule has 1 atom stereocenters. The number of nitrogens with one attached hydrogen (secondary N) is 1. The number of aromatic amines is 1. The third-order valence-corrected chi connectivity index (χ3v) is 5.35. The summed E-state index contributed by atoms with van der Waals surface area (Å²) < 4.78 is 10.5. The minimum Gasteiger partial charge on any atom is -0.377 e. The SMILES string of the molecule is COCc1nc2sc(-c3nc(C(C)c4cnccn4)no3)c(C)c2c(=O)[nH]1. The molecule has 0 spiro atoms. The van der Waals surface area contributed by atoms with Gasteiger partial charge < -0.3 is 14.2 Å². The number of aryl methyl sites for hydroxylation is 1. The summed E-state index contributed by atoms with van der Waals surface area (Å²) >= 11 is 1.34. The van der Waals surface area contributed by atoms with Gasteiger partial charge in [0.25, 0.3) is 11.4 Å². The maximum absolute atomic E-state index is 12.4. The highest BCUT2D eigenvalue weighted by molar-refractivity contribution is 7.22. The van der Waals surface area contributed by atoms with Crippen molar-refractivity contribution in [3.05, 3.63) is 51.9 Å². The van der Waals surface area contributed by atoms with Crippen molar-refractivity contribution in [3.63, 3.8) is 0 Å². The molecule has 0 amide bonds. The topological polar surface area (TPSA) is 120 Å². The normalized spacial score (nSPS) is 12.6. The summed E-state index contributed by atoms with van der Waals surface area (Å²) in [5.41, 5.74) is 1.30. The Hall–Kier alpha value is -2.98. The third-order valence-electron chi connectivity index (χ3n) is 4.18. The van der Waals surface area contributed by atoms with Crippen LogP contribution >= 0.6 is 11.3 Å². The van der Waals surface area contributed by atoms with Crippen LogP contribution in [0.2, 0.25) is 0 Å². The van der Waals surface area contributed by atoms with E-state index in [1.807, 2.05) is 13.8 Å². The van der Waals surface area contributed by atoms with Crippen LogP contribution in [0.4, 0.5) is 0 Å². The Morgan fingerprint density at radius 2 is 2.19 bits per heavy atom. The van der Waals surface area contributed by atoms with Crippen molar-refractivity contribution in [2.75, 3.05) is 7.11 Å². The van der Waals surface area contributed by atoms with Crippen LogP contribution in [0.15, 0.2) is 27.9 Å². The van der Waals surface area contributed by atoms with Crippen molar-refractivity contribution in [2.24, 2.45) is 0 Å². The fourth-order valence-corrected chi connectivity index (χ4v) is 3.89. The molecule has 10 heteroatoms. The number of hydrogen-bond acceptors (Lipinski definition) is 9. The van der Waals surface area contributed by atoms with E-state index in [2.05, 4.69) is 30.1 Å². The molecule has 4 rings (SSSR count). The fraction of sp³-hybridized carbons (Fsp3) is 0.294. The van der Waals surface area contributed by atoms with Crippen LogP contribution in [0.1, 0.15) is 35.7 Å². The Bertz CT molecular complexity index is 1150. The van der Waals surface area contributed by atoms with Gasteiger partial charge in [0, 0.05) is 25.7 Å². The molecule has 0 saturated carbocycles. The molecule has 0 aliphatic heterocycles. The van der Waals surface area contributed by atoms with Crippen LogP contribution in [-0.4, -0.2) is 37.2 Å². The lowest BCUT2D eigenvalue weighted by atomic mass is 10.1. The number of rotatable bonds is 5. The monoisotopic (exact) mass is 384 g/mol. The van der Waals surface area contributed by atoms with E-state index in [9.17, 15) is 4.79 Å². The molecule has 0 aliphatic rings. The van der Waals surface area contributed by atoms with E-state index in [4.69, 9.17) is 9.26 Å². The Kier molecular flexibility index (Phi) is 4.50. The summed E-state index contributed by atoms with van der Waals surface area (Å²) in [5, 5.41) is 4.60. The van der Waals surface area contributed by atoms with Gasteiger partial charge in [-0.25, -0.2) is 4.98 Å². The fourth-order valence-electron chi connectivity index (χ4n) is 2.77. The van der Waals surface area contributed by atoms with Gasteiger partial charge in [0.15, 0.2) is 5.82 Å². The standard InChI is InChI=1S/C17H16N6O3S/c1-8(10-6-18-4-5-19-10)14-22-16(26-23-14)13-9(2)12-15(24)20-11(7-25-3)21-17(12)27-13/h4-6,8H,7H2,1-3H3,(H,20,21,24). The van der Waals surface area contributed by atoms with E-state index >= 15 is 0 Å². The lowest BCUT2D eigenvalue weighted by Gasteiger charge is -2.03. The van der Waals surface area contributed by atoms with Gasteiger partial charge in [-0.05, 0) is 19.4 Å². The lowest BCUT2D eigenvalue weighted by molar-refractivity contribution is 0.178. The Morgan fingerprint density at radius 3 is 2.93 bits per heavy atom. The van der Waals surface area contributed by atoms with Crippen LogP contribution in [0.3, 0.4) is 0 Å². The van der Waals surface area contributed by atoms with Crippen molar-refractivity contribution in [2.45, 2.75) is 26.4 Å². The molecule has 1 unspecified atom stereocenters. The maximum atomic E-state index is 12.4. The van der Waals surface area contributed by atoms with Crippen molar-refractivity contribution < 1.29 is 9.26 Å². The molecule has 0 aliphatic carbocycles. The van der Waals surface area contributed by atoms with Crippen LogP contribution in [0.5, 0.6) is 0 Å². The maximum Gasteiger partial charge on any atom is 0.268 e. The second-order valence-corrected chi connectivity index (χ2v) is 6.99. The van der Waals surface area contributed by atoms with Gasteiger partial charge in [-0.2, -0.15) is 4.98 Å². The van der Waals surface area contributed by atoms with Crippen LogP contribution in [0, 0.1) is 6.92 Å². The van der Waals surface area contributed by atoms with E-state index in [1.165, 1.54) is 11.3 Å². The smallest absolute Gasteiger partial charge is 0.268 e. The molecule has 4 heterocycles. The number of methoxy groups -OCH3 is 1. The number of thiophene rings is 1. The minimum absolute atomic E-state index is 0.166. The Labute approximate surface area is 157 Å². The van der Waals surface area contributed by atoms with Gasteiger partial charge in [-0.1, -0.05) is 5.16 Å². The van der Waals surface area contributed by atoms with Crippen molar-refractivity contribution in [1.82, 2.24) is 30.1 Å². The third kappa shape index (κ3) is 3.13. The zero-order valence-electron chi connectivity index (χ0n) is 14.9. The first kappa shape index (κ1) is 17.4. The summed E-state index contributed by atoms with van der Waals surface area (Å²) in [6.07, 6.45) is 4.91. The molecule has 0 fully saturated rings. The number of hydrogen-bond donors (Lipinski definition) is 1. The van der Waals surface area contributed by atoms with Gasteiger partial charge in [-0.15, -0.1) is 11.3 Å². The highest BCUT2D eigenvalue weighted by atomic mass is 32.1. The number of nitrogens with zero attached hydrogens (tertiary/aromatic N) is 5. The van der Waals surface area contributed by atoms with E-state index in [0.717, 1.165) is 16.1 Å². The molecule has 0 saturated heterocycles. The molecule has 27 heavy (non-hydrogen) atoms. The largest absolute Gasteiger partial charge is 0.377 e. The van der Waals surface area contributed by atoms with Crippen molar-refractivity contribution in [3.8, 4) is 10.8 Å². The van der Waals surface area contributed by atoms with Gasteiger partial charge in [0.1, 0.15) is 17.3 Å². The van der Waals surface area contributed by atoms with Crippen LogP contribution < -0.4 is 5.56 Å². The molecular weight excluding hydrogens is 368 g/mol.